The van der Waals surface area contributed by atoms with Gasteiger partial charge in [-0.25, -0.2) is 4.79 Å². The van der Waals surface area contributed by atoms with Crippen LogP contribution in [0.15, 0.2) is 72.7 Å². The largest absolute Gasteiger partial charge is 0.450 e. The Bertz CT molecular complexity index is 1540. The molecule has 0 N–H and O–H groups in total. The Balaban J connectivity index is 1.35. The van der Waals surface area contributed by atoms with E-state index in [-0.39, 0.29) is 35.1 Å². The molecule has 0 atom stereocenters. The highest BCUT2D eigenvalue weighted by Gasteiger charge is 2.22. The van der Waals surface area contributed by atoms with E-state index in [0.29, 0.717) is 22.0 Å². The molecule has 0 aliphatic rings. The van der Waals surface area contributed by atoms with E-state index in [1.807, 2.05) is 30.3 Å². The van der Waals surface area contributed by atoms with Crippen LogP contribution in [0, 0.1) is 6.92 Å². The number of aryl methyl sites for hydroxylation is 1. The SMILES string of the molecule is Cc1onc(-c2ccccc2)c1-c1nnc(COC(=O)c2cc(=O)c3cc(Cl)ccc3o2)o1. The number of hydrogen-bond donors (Lipinski definition) is 0. The average Bonchev–Trinajstić information content (AvgIpc) is 3.44. The minimum Gasteiger partial charge on any atom is -0.450 e. The normalized spacial score (nSPS) is 11.1. The lowest BCUT2D eigenvalue weighted by Crippen LogP contribution is -2.10. The molecular formula is C23H14ClN3O6. The zero-order chi connectivity index (χ0) is 22.9. The van der Waals surface area contributed by atoms with Crippen LogP contribution in [0.3, 0.4) is 0 Å². The van der Waals surface area contributed by atoms with Crippen LogP contribution >= 0.6 is 11.6 Å². The molecule has 9 nitrogen and oxygen atoms in total. The highest BCUT2D eigenvalue weighted by molar-refractivity contribution is 6.31. The van der Waals surface area contributed by atoms with Crippen molar-refractivity contribution < 1.29 is 22.9 Å². The topological polar surface area (TPSA) is 121 Å². The maximum absolute atomic E-state index is 12.4. The second kappa shape index (κ2) is 8.36. The summed E-state index contributed by atoms with van der Waals surface area (Å²) in [7, 11) is 0. The Hall–Kier alpha value is -4.24. The molecule has 0 aliphatic heterocycles. The number of halogens is 1. The smallest absolute Gasteiger partial charge is 0.374 e. The van der Waals surface area contributed by atoms with Crippen molar-refractivity contribution in [1.82, 2.24) is 15.4 Å². The molecular weight excluding hydrogens is 450 g/mol. The number of fused-ring (bicyclic) bond motifs is 1. The molecule has 0 saturated carbocycles. The molecule has 0 bridgehead atoms. The molecule has 0 spiro atoms. The number of nitrogens with zero attached hydrogens (tertiary/aromatic N) is 3. The van der Waals surface area contributed by atoms with E-state index in [9.17, 15) is 9.59 Å². The molecule has 5 rings (SSSR count). The third-order valence-electron chi connectivity index (χ3n) is 4.81. The van der Waals surface area contributed by atoms with Crippen LogP contribution < -0.4 is 5.43 Å². The minimum absolute atomic E-state index is 0.0490. The number of ether oxygens (including phenoxy) is 1. The lowest BCUT2D eigenvalue weighted by atomic mass is 10.1. The second-order valence-electron chi connectivity index (χ2n) is 7.02. The van der Waals surface area contributed by atoms with Crippen LogP contribution in [0.4, 0.5) is 0 Å². The van der Waals surface area contributed by atoms with Gasteiger partial charge in [0, 0.05) is 16.7 Å². The molecule has 0 amide bonds. The highest BCUT2D eigenvalue weighted by Crippen LogP contribution is 2.33. The van der Waals surface area contributed by atoms with Crippen LogP contribution in [0.2, 0.25) is 5.02 Å². The van der Waals surface area contributed by atoms with Crippen LogP contribution in [0.1, 0.15) is 22.2 Å². The number of esters is 1. The first kappa shape index (κ1) is 20.7. The molecule has 5 aromatic rings. The summed E-state index contributed by atoms with van der Waals surface area (Å²) in [6.07, 6.45) is 0. The summed E-state index contributed by atoms with van der Waals surface area (Å²) in [4.78, 5) is 24.7. The quantitative estimate of drug-likeness (QED) is 0.337. The Kier molecular flexibility index (Phi) is 5.23. The van der Waals surface area contributed by atoms with Crippen LogP contribution in [0.25, 0.3) is 33.7 Å². The van der Waals surface area contributed by atoms with Crippen LogP contribution in [-0.2, 0) is 11.3 Å². The zero-order valence-electron chi connectivity index (χ0n) is 17.1. The van der Waals surface area contributed by atoms with E-state index in [1.165, 1.54) is 12.1 Å². The number of carbonyl (C=O) groups is 1. The molecule has 164 valence electrons. The Labute approximate surface area is 190 Å². The molecule has 0 unspecified atom stereocenters. The van der Waals surface area contributed by atoms with Crippen molar-refractivity contribution in [3.05, 3.63) is 87.3 Å². The van der Waals surface area contributed by atoms with Gasteiger partial charge in [0.1, 0.15) is 22.6 Å². The van der Waals surface area contributed by atoms with E-state index in [0.717, 1.165) is 11.6 Å². The molecule has 10 heteroatoms. The fourth-order valence-corrected chi connectivity index (χ4v) is 3.43. The summed E-state index contributed by atoms with van der Waals surface area (Å²) >= 11 is 5.90. The van der Waals surface area contributed by atoms with Gasteiger partial charge in [0.05, 0.1) is 5.39 Å². The molecule has 0 fully saturated rings. The highest BCUT2D eigenvalue weighted by atomic mass is 35.5. The Morgan fingerprint density at radius 1 is 1.06 bits per heavy atom. The van der Waals surface area contributed by atoms with Crippen LogP contribution in [0.5, 0.6) is 0 Å². The summed E-state index contributed by atoms with van der Waals surface area (Å²) in [5.41, 5.74) is 1.73. The van der Waals surface area contributed by atoms with Gasteiger partial charge in [-0.2, -0.15) is 0 Å². The second-order valence-corrected chi connectivity index (χ2v) is 7.46. The molecule has 33 heavy (non-hydrogen) atoms. The summed E-state index contributed by atoms with van der Waals surface area (Å²) < 4.78 is 21.6. The number of carbonyl (C=O) groups excluding carboxylic acids is 1. The van der Waals surface area contributed by atoms with Gasteiger partial charge in [0.25, 0.3) is 11.8 Å². The van der Waals surface area contributed by atoms with Gasteiger partial charge in [0.15, 0.2) is 12.0 Å². The predicted octanol–water partition coefficient (Wildman–Crippen LogP) is 4.82. The number of benzene rings is 2. The summed E-state index contributed by atoms with van der Waals surface area (Å²) in [5.74, 6) is -0.384. The van der Waals surface area contributed by atoms with Gasteiger partial charge in [0.2, 0.25) is 5.76 Å². The Morgan fingerprint density at radius 2 is 1.88 bits per heavy atom. The van der Waals surface area contributed by atoms with Crippen molar-refractivity contribution in [3.8, 4) is 22.7 Å². The predicted molar refractivity (Wildman–Crippen MR) is 117 cm³/mol. The fourth-order valence-electron chi connectivity index (χ4n) is 3.26. The van der Waals surface area contributed by atoms with Gasteiger partial charge < -0.3 is 18.1 Å². The fraction of sp³-hybridized carbons (Fsp3) is 0.0870. The minimum atomic E-state index is -0.852. The van der Waals surface area contributed by atoms with Gasteiger partial charge in [-0.1, -0.05) is 47.1 Å². The van der Waals surface area contributed by atoms with E-state index in [2.05, 4.69) is 15.4 Å². The maximum atomic E-state index is 12.4. The zero-order valence-corrected chi connectivity index (χ0v) is 17.8. The molecule has 3 aromatic heterocycles. The number of aromatic nitrogens is 3. The summed E-state index contributed by atoms with van der Waals surface area (Å²) in [6.45, 7) is 1.41. The molecule has 0 aliphatic carbocycles. The molecule has 3 heterocycles. The number of hydrogen-bond acceptors (Lipinski definition) is 9. The van der Waals surface area contributed by atoms with E-state index < -0.39 is 11.4 Å². The van der Waals surface area contributed by atoms with Crippen molar-refractivity contribution in [2.24, 2.45) is 0 Å². The van der Waals surface area contributed by atoms with Gasteiger partial charge in [-0.15, -0.1) is 10.2 Å². The first-order chi connectivity index (χ1) is 16.0. The van der Waals surface area contributed by atoms with Crippen molar-refractivity contribution in [1.29, 1.82) is 0 Å². The van der Waals surface area contributed by atoms with Crippen molar-refractivity contribution in [3.63, 3.8) is 0 Å². The van der Waals surface area contributed by atoms with Gasteiger partial charge in [-0.05, 0) is 25.1 Å². The van der Waals surface area contributed by atoms with E-state index >= 15 is 0 Å². The van der Waals surface area contributed by atoms with Crippen molar-refractivity contribution in [2.45, 2.75) is 13.5 Å². The standard InChI is InChI=1S/C23H14ClN3O6/c1-12-20(21(27-33-12)13-5-3-2-4-6-13)22-26-25-19(32-22)11-30-23(29)18-10-16(28)15-9-14(24)7-8-17(15)31-18/h2-10H,11H2,1H3. The molecule has 2 aromatic carbocycles. The van der Waals surface area contributed by atoms with Crippen LogP contribution in [-0.4, -0.2) is 21.3 Å². The van der Waals surface area contributed by atoms with E-state index in [1.54, 1.807) is 13.0 Å². The summed E-state index contributed by atoms with van der Waals surface area (Å²) in [6, 6.07) is 15.0. The monoisotopic (exact) mass is 463 g/mol. The first-order valence-corrected chi connectivity index (χ1v) is 10.1. The molecule has 0 saturated heterocycles. The van der Waals surface area contributed by atoms with Gasteiger partial charge in [-0.3, -0.25) is 4.79 Å². The van der Waals surface area contributed by atoms with Crippen molar-refractivity contribution >= 4 is 28.5 Å². The lowest BCUT2D eigenvalue weighted by Gasteiger charge is -2.03. The lowest BCUT2D eigenvalue weighted by molar-refractivity contribution is 0.0403. The average molecular weight is 464 g/mol. The third kappa shape index (κ3) is 4.01. The third-order valence-corrected chi connectivity index (χ3v) is 5.04. The number of rotatable bonds is 5. The first-order valence-electron chi connectivity index (χ1n) is 9.74. The maximum Gasteiger partial charge on any atom is 0.374 e. The summed E-state index contributed by atoms with van der Waals surface area (Å²) in [5, 5.41) is 12.7. The van der Waals surface area contributed by atoms with Crippen molar-refractivity contribution in [2.75, 3.05) is 0 Å². The molecule has 0 radical (unpaired) electrons. The van der Waals surface area contributed by atoms with E-state index in [4.69, 9.17) is 29.7 Å². The Morgan fingerprint density at radius 3 is 2.70 bits per heavy atom. The van der Waals surface area contributed by atoms with Gasteiger partial charge >= 0.3 is 5.97 Å².